The van der Waals surface area contributed by atoms with Crippen molar-refractivity contribution < 1.29 is 4.74 Å². The summed E-state index contributed by atoms with van der Waals surface area (Å²) in [5.41, 5.74) is 0.761. The molecule has 1 heterocycles. The second-order valence-corrected chi connectivity index (χ2v) is 2.75. The highest BCUT2D eigenvalue weighted by Gasteiger charge is 1.98. The third kappa shape index (κ3) is 1.77. The van der Waals surface area contributed by atoms with Gasteiger partial charge in [-0.3, -0.25) is 0 Å². The quantitative estimate of drug-likeness (QED) is 0.765. The first-order chi connectivity index (χ1) is 5.27. The van der Waals surface area contributed by atoms with Gasteiger partial charge in [0.05, 0.1) is 7.11 Å². The third-order valence-corrected chi connectivity index (χ3v) is 1.89. The molecule has 0 atom stereocenters. The SMILES string of the molecule is COc1cc(C=N)c(Br)cn1. The number of nitrogens with zero attached hydrogens (tertiary/aromatic N) is 1. The molecule has 0 amide bonds. The molecule has 0 saturated carbocycles. The molecule has 4 heteroatoms. The van der Waals surface area contributed by atoms with Gasteiger partial charge in [-0.1, -0.05) is 0 Å². The highest BCUT2D eigenvalue weighted by Crippen LogP contribution is 2.17. The zero-order valence-corrected chi connectivity index (χ0v) is 7.55. The molecule has 0 aliphatic heterocycles. The van der Waals surface area contributed by atoms with Crippen molar-refractivity contribution in [1.29, 1.82) is 5.41 Å². The summed E-state index contributed by atoms with van der Waals surface area (Å²) in [6, 6.07) is 1.69. The summed E-state index contributed by atoms with van der Waals surface area (Å²) in [5.74, 6) is 0.520. The Labute approximate surface area is 73.0 Å². The van der Waals surface area contributed by atoms with Gasteiger partial charge in [-0.15, -0.1) is 0 Å². The average molecular weight is 215 g/mol. The van der Waals surface area contributed by atoms with Gasteiger partial charge in [0.25, 0.3) is 0 Å². The summed E-state index contributed by atoms with van der Waals surface area (Å²) in [4.78, 5) is 3.93. The maximum absolute atomic E-state index is 7.02. The van der Waals surface area contributed by atoms with Crippen molar-refractivity contribution in [3.8, 4) is 5.88 Å². The topological polar surface area (TPSA) is 46.0 Å². The molecule has 0 unspecified atom stereocenters. The number of rotatable bonds is 2. The van der Waals surface area contributed by atoms with E-state index in [-0.39, 0.29) is 0 Å². The number of pyridine rings is 1. The van der Waals surface area contributed by atoms with E-state index in [0.29, 0.717) is 5.88 Å². The Morgan fingerprint density at radius 2 is 2.45 bits per heavy atom. The molecule has 0 saturated heterocycles. The molecule has 0 bridgehead atoms. The number of halogens is 1. The molecule has 1 aromatic rings. The number of hydrogen-bond donors (Lipinski definition) is 1. The average Bonchev–Trinajstić information content (AvgIpc) is 2.05. The van der Waals surface area contributed by atoms with Gasteiger partial charge < -0.3 is 10.1 Å². The molecule has 58 valence electrons. The lowest BCUT2D eigenvalue weighted by atomic mass is 10.3. The number of nitrogens with one attached hydrogen (secondary N) is 1. The Morgan fingerprint density at radius 3 is 3.00 bits per heavy atom. The van der Waals surface area contributed by atoms with Gasteiger partial charge in [-0.25, -0.2) is 4.98 Å². The minimum absolute atomic E-state index is 0.520. The van der Waals surface area contributed by atoms with Crippen LogP contribution in [0.4, 0.5) is 0 Å². The zero-order chi connectivity index (χ0) is 8.27. The lowest BCUT2D eigenvalue weighted by Crippen LogP contribution is -1.90. The summed E-state index contributed by atoms with van der Waals surface area (Å²) in [7, 11) is 1.55. The van der Waals surface area contributed by atoms with Crippen molar-refractivity contribution in [3.63, 3.8) is 0 Å². The van der Waals surface area contributed by atoms with E-state index < -0.39 is 0 Å². The molecular formula is C7H7BrN2O. The van der Waals surface area contributed by atoms with Gasteiger partial charge in [0, 0.05) is 28.5 Å². The monoisotopic (exact) mass is 214 g/mol. The van der Waals surface area contributed by atoms with Crippen LogP contribution >= 0.6 is 15.9 Å². The zero-order valence-electron chi connectivity index (χ0n) is 5.97. The fraction of sp³-hybridized carbons (Fsp3) is 0.143. The van der Waals surface area contributed by atoms with E-state index in [4.69, 9.17) is 10.1 Å². The molecule has 0 fully saturated rings. The number of ether oxygens (including phenoxy) is 1. The van der Waals surface area contributed by atoms with Crippen LogP contribution in [0.25, 0.3) is 0 Å². The van der Waals surface area contributed by atoms with Gasteiger partial charge in [0.15, 0.2) is 0 Å². The summed E-state index contributed by atoms with van der Waals surface area (Å²) >= 11 is 3.25. The molecular weight excluding hydrogens is 208 g/mol. The van der Waals surface area contributed by atoms with Crippen LogP contribution in [-0.2, 0) is 0 Å². The first-order valence-electron chi connectivity index (χ1n) is 2.98. The Balaban J connectivity index is 3.12. The van der Waals surface area contributed by atoms with Crippen molar-refractivity contribution in [2.75, 3.05) is 7.11 Å². The van der Waals surface area contributed by atoms with Gasteiger partial charge in [-0.2, -0.15) is 0 Å². The number of methoxy groups -OCH3 is 1. The molecule has 0 aliphatic carbocycles. The van der Waals surface area contributed by atoms with Crippen molar-refractivity contribution in [1.82, 2.24) is 4.98 Å². The molecule has 11 heavy (non-hydrogen) atoms. The lowest BCUT2D eigenvalue weighted by Gasteiger charge is -2.00. The largest absolute Gasteiger partial charge is 0.481 e. The lowest BCUT2D eigenvalue weighted by molar-refractivity contribution is 0.397. The van der Waals surface area contributed by atoms with E-state index in [0.717, 1.165) is 10.0 Å². The third-order valence-electron chi connectivity index (χ3n) is 1.22. The van der Waals surface area contributed by atoms with Crippen molar-refractivity contribution in [2.24, 2.45) is 0 Å². The van der Waals surface area contributed by atoms with Crippen LogP contribution in [0.15, 0.2) is 16.7 Å². The fourth-order valence-corrected chi connectivity index (χ4v) is 0.988. The fourth-order valence-electron chi connectivity index (χ4n) is 0.656. The van der Waals surface area contributed by atoms with E-state index in [1.54, 1.807) is 19.4 Å². The first-order valence-corrected chi connectivity index (χ1v) is 3.77. The summed E-state index contributed by atoms with van der Waals surface area (Å²) in [6.45, 7) is 0. The van der Waals surface area contributed by atoms with E-state index in [1.807, 2.05) is 0 Å². The van der Waals surface area contributed by atoms with Gasteiger partial charge in [0.2, 0.25) is 5.88 Å². The van der Waals surface area contributed by atoms with Gasteiger partial charge >= 0.3 is 0 Å². The Bertz CT molecular complexity index is 275. The second-order valence-electron chi connectivity index (χ2n) is 1.89. The Hall–Kier alpha value is -0.900. The van der Waals surface area contributed by atoms with Crippen molar-refractivity contribution in [3.05, 3.63) is 22.3 Å². The smallest absolute Gasteiger partial charge is 0.213 e. The molecule has 1 rings (SSSR count). The maximum Gasteiger partial charge on any atom is 0.213 e. The van der Waals surface area contributed by atoms with E-state index in [2.05, 4.69) is 20.9 Å². The highest BCUT2D eigenvalue weighted by molar-refractivity contribution is 9.10. The predicted octanol–water partition coefficient (Wildman–Crippen LogP) is 1.85. The van der Waals surface area contributed by atoms with Crippen LogP contribution in [0.5, 0.6) is 5.88 Å². The predicted molar refractivity (Wildman–Crippen MR) is 46.4 cm³/mol. The summed E-state index contributed by atoms with van der Waals surface area (Å²) in [6.07, 6.45) is 2.85. The van der Waals surface area contributed by atoms with Crippen LogP contribution in [0.2, 0.25) is 0 Å². The van der Waals surface area contributed by atoms with Crippen LogP contribution in [0.1, 0.15) is 5.56 Å². The Kier molecular flexibility index (Phi) is 2.59. The van der Waals surface area contributed by atoms with Gasteiger partial charge in [0.1, 0.15) is 0 Å². The molecule has 1 N–H and O–H groups in total. The minimum Gasteiger partial charge on any atom is -0.481 e. The normalized spacial score (nSPS) is 9.27. The summed E-state index contributed by atoms with van der Waals surface area (Å²) < 4.78 is 5.68. The molecule has 3 nitrogen and oxygen atoms in total. The van der Waals surface area contributed by atoms with E-state index in [9.17, 15) is 0 Å². The van der Waals surface area contributed by atoms with Crippen LogP contribution in [0, 0.1) is 5.41 Å². The van der Waals surface area contributed by atoms with Crippen LogP contribution in [-0.4, -0.2) is 18.3 Å². The molecule has 0 aromatic carbocycles. The first kappa shape index (κ1) is 8.20. The van der Waals surface area contributed by atoms with Gasteiger partial charge in [-0.05, 0) is 15.9 Å². The maximum atomic E-state index is 7.02. The highest BCUT2D eigenvalue weighted by atomic mass is 79.9. The standard InChI is InChI=1S/C7H7BrN2O/c1-11-7-2-5(3-9)6(8)4-10-7/h2-4,9H,1H3. The molecule has 1 aromatic heterocycles. The second kappa shape index (κ2) is 3.48. The molecule has 0 spiro atoms. The molecule has 0 aliphatic rings. The van der Waals surface area contributed by atoms with E-state index >= 15 is 0 Å². The number of aromatic nitrogens is 1. The number of hydrogen-bond acceptors (Lipinski definition) is 3. The van der Waals surface area contributed by atoms with Crippen molar-refractivity contribution >= 4 is 22.1 Å². The van der Waals surface area contributed by atoms with Crippen LogP contribution < -0.4 is 4.74 Å². The molecule has 0 radical (unpaired) electrons. The van der Waals surface area contributed by atoms with E-state index in [1.165, 1.54) is 6.21 Å². The summed E-state index contributed by atoms with van der Waals surface area (Å²) in [5, 5.41) is 7.02. The minimum atomic E-state index is 0.520. The van der Waals surface area contributed by atoms with Crippen molar-refractivity contribution in [2.45, 2.75) is 0 Å². The Morgan fingerprint density at radius 1 is 1.73 bits per heavy atom. The van der Waals surface area contributed by atoms with Crippen LogP contribution in [0.3, 0.4) is 0 Å².